The summed E-state index contributed by atoms with van der Waals surface area (Å²) in [5, 5.41) is 4.13. The van der Waals surface area contributed by atoms with E-state index in [2.05, 4.69) is 5.32 Å². The fourth-order valence-electron chi connectivity index (χ4n) is 2.98. The molecule has 3 rings (SSSR count). The Morgan fingerprint density at radius 2 is 2.00 bits per heavy atom. The van der Waals surface area contributed by atoms with Crippen molar-refractivity contribution >= 4 is 29.7 Å². The minimum Gasteiger partial charge on any atom is -0.351 e. The lowest BCUT2D eigenvalue weighted by Crippen LogP contribution is -2.52. The summed E-state index contributed by atoms with van der Waals surface area (Å²) in [5.41, 5.74) is 5.67. The van der Waals surface area contributed by atoms with Gasteiger partial charge in [-0.2, -0.15) is 0 Å². The number of urea groups is 1. The Morgan fingerprint density at radius 1 is 1.25 bits per heavy atom. The van der Waals surface area contributed by atoms with Crippen LogP contribution in [-0.2, 0) is 16.1 Å². The standard InChI is InChI=1S/C15H14N4O5/c16-15(24)18-12(21)8-3-1-2-7-6-19(14(23)11(7)8)9-4-5-10(20)17-13(9)22/h1-3,9H,4-6H2,(H,17,20,22)(H3,16,18,21,24). The lowest BCUT2D eigenvalue weighted by Gasteiger charge is -2.29. The maximum atomic E-state index is 12.7. The highest BCUT2D eigenvalue weighted by molar-refractivity contribution is 6.14. The first-order chi connectivity index (χ1) is 11.4. The van der Waals surface area contributed by atoms with E-state index >= 15 is 0 Å². The molecule has 1 unspecified atom stereocenters. The quantitative estimate of drug-likeness (QED) is 0.613. The zero-order chi connectivity index (χ0) is 17.4. The summed E-state index contributed by atoms with van der Waals surface area (Å²) < 4.78 is 0. The fourth-order valence-corrected chi connectivity index (χ4v) is 2.98. The van der Waals surface area contributed by atoms with Crippen molar-refractivity contribution in [3.05, 3.63) is 34.9 Å². The second kappa shape index (κ2) is 5.76. The van der Waals surface area contributed by atoms with Crippen LogP contribution in [0.1, 0.15) is 39.1 Å². The highest BCUT2D eigenvalue weighted by Crippen LogP contribution is 2.29. The van der Waals surface area contributed by atoms with Gasteiger partial charge in [0.05, 0.1) is 11.1 Å². The zero-order valence-corrected chi connectivity index (χ0v) is 12.5. The molecule has 1 aromatic carbocycles. The van der Waals surface area contributed by atoms with E-state index < -0.39 is 29.8 Å². The molecule has 124 valence electrons. The number of hydrogen-bond acceptors (Lipinski definition) is 5. The zero-order valence-electron chi connectivity index (χ0n) is 12.5. The molecule has 2 aliphatic rings. The molecule has 1 saturated heterocycles. The molecule has 1 aromatic rings. The molecule has 24 heavy (non-hydrogen) atoms. The van der Waals surface area contributed by atoms with Crippen LogP contribution in [0.3, 0.4) is 0 Å². The van der Waals surface area contributed by atoms with Crippen molar-refractivity contribution in [1.29, 1.82) is 0 Å². The predicted octanol–water partition coefficient (Wildman–Crippen LogP) is -0.744. The van der Waals surface area contributed by atoms with E-state index in [1.54, 1.807) is 12.1 Å². The molecule has 4 N–H and O–H groups in total. The summed E-state index contributed by atoms with van der Waals surface area (Å²) in [6.07, 6.45) is 0.374. The van der Waals surface area contributed by atoms with Crippen molar-refractivity contribution in [2.24, 2.45) is 5.73 Å². The number of primary amides is 1. The SMILES string of the molecule is NC(=O)NC(=O)c1cccc2c1C(=O)N(C1CCC(=O)NC1=O)C2. The van der Waals surface area contributed by atoms with E-state index in [9.17, 15) is 24.0 Å². The van der Waals surface area contributed by atoms with Crippen LogP contribution in [0.15, 0.2) is 18.2 Å². The van der Waals surface area contributed by atoms with Gasteiger partial charge in [0.1, 0.15) is 6.04 Å². The summed E-state index contributed by atoms with van der Waals surface area (Å²) in [6.45, 7) is 0.151. The Bertz CT molecular complexity index is 788. The van der Waals surface area contributed by atoms with E-state index in [1.807, 2.05) is 5.32 Å². The number of hydrogen-bond donors (Lipinski definition) is 3. The normalized spacial score (nSPS) is 19.8. The monoisotopic (exact) mass is 330 g/mol. The Labute approximate surface area is 136 Å². The Morgan fingerprint density at radius 3 is 2.67 bits per heavy atom. The highest BCUT2D eigenvalue weighted by atomic mass is 16.2. The molecule has 2 heterocycles. The summed E-state index contributed by atoms with van der Waals surface area (Å²) in [7, 11) is 0. The molecular weight excluding hydrogens is 316 g/mol. The second-order valence-electron chi connectivity index (χ2n) is 5.56. The smallest absolute Gasteiger partial charge is 0.319 e. The van der Waals surface area contributed by atoms with Gasteiger partial charge in [-0.1, -0.05) is 12.1 Å². The van der Waals surface area contributed by atoms with E-state index in [-0.39, 0.29) is 36.4 Å². The molecule has 1 atom stereocenters. The minimum absolute atomic E-state index is 0.0195. The lowest BCUT2D eigenvalue weighted by atomic mass is 10.0. The summed E-state index contributed by atoms with van der Waals surface area (Å²) >= 11 is 0. The first-order valence-electron chi connectivity index (χ1n) is 7.26. The number of nitrogens with zero attached hydrogens (tertiary/aromatic N) is 1. The van der Waals surface area contributed by atoms with Crippen LogP contribution in [0.4, 0.5) is 4.79 Å². The number of fused-ring (bicyclic) bond motifs is 1. The van der Waals surface area contributed by atoms with Gasteiger partial charge in [0.2, 0.25) is 11.8 Å². The first kappa shape index (κ1) is 15.7. The van der Waals surface area contributed by atoms with E-state index in [0.717, 1.165) is 0 Å². The largest absolute Gasteiger partial charge is 0.351 e. The number of benzene rings is 1. The molecule has 1 fully saturated rings. The van der Waals surface area contributed by atoms with Gasteiger partial charge in [-0.25, -0.2) is 4.79 Å². The number of rotatable bonds is 2. The topological polar surface area (TPSA) is 139 Å². The summed E-state index contributed by atoms with van der Waals surface area (Å²) in [5.74, 6) is -2.18. The molecule has 9 nitrogen and oxygen atoms in total. The van der Waals surface area contributed by atoms with Crippen molar-refractivity contribution in [1.82, 2.24) is 15.5 Å². The van der Waals surface area contributed by atoms with Crippen LogP contribution in [0.25, 0.3) is 0 Å². The predicted molar refractivity (Wildman–Crippen MR) is 79.5 cm³/mol. The average molecular weight is 330 g/mol. The van der Waals surface area contributed by atoms with Gasteiger partial charge < -0.3 is 10.6 Å². The number of carbonyl (C=O) groups excluding carboxylic acids is 5. The molecular formula is C15H14N4O5. The fraction of sp³-hybridized carbons (Fsp3) is 0.267. The number of nitrogens with one attached hydrogen (secondary N) is 2. The third kappa shape index (κ3) is 2.60. The summed E-state index contributed by atoms with van der Waals surface area (Å²) in [6, 6.07) is 2.86. The van der Waals surface area contributed by atoms with Gasteiger partial charge in [0.15, 0.2) is 0 Å². The number of piperidine rings is 1. The van der Waals surface area contributed by atoms with Crippen molar-refractivity contribution in [3.63, 3.8) is 0 Å². The van der Waals surface area contributed by atoms with Crippen molar-refractivity contribution in [2.45, 2.75) is 25.4 Å². The van der Waals surface area contributed by atoms with E-state index in [0.29, 0.717) is 5.56 Å². The van der Waals surface area contributed by atoms with Crippen molar-refractivity contribution in [3.8, 4) is 0 Å². The lowest BCUT2D eigenvalue weighted by molar-refractivity contribution is -0.136. The van der Waals surface area contributed by atoms with Crippen LogP contribution in [0.2, 0.25) is 0 Å². The molecule has 0 aliphatic carbocycles. The molecule has 0 aromatic heterocycles. The third-order valence-corrected chi connectivity index (χ3v) is 4.03. The van der Waals surface area contributed by atoms with Crippen LogP contribution < -0.4 is 16.4 Å². The Kier molecular flexibility index (Phi) is 3.76. The molecule has 2 aliphatic heterocycles. The van der Waals surface area contributed by atoms with Gasteiger partial charge >= 0.3 is 6.03 Å². The Balaban J connectivity index is 1.91. The van der Waals surface area contributed by atoms with Gasteiger partial charge in [-0.05, 0) is 18.1 Å². The Hall–Kier alpha value is -3.23. The van der Waals surface area contributed by atoms with E-state index in [1.165, 1.54) is 11.0 Å². The molecule has 0 bridgehead atoms. The third-order valence-electron chi connectivity index (χ3n) is 4.03. The van der Waals surface area contributed by atoms with Crippen LogP contribution in [0, 0.1) is 0 Å². The van der Waals surface area contributed by atoms with Gasteiger partial charge in [-0.3, -0.25) is 29.8 Å². The molecule has 0 spiro atoms. The first-order valence-corrected chi connectivity index (χ1v) is 7.26. The number of imide groups is 2. The number of amides is 6. The van der Waals surface area contributed by atoms with Gasteiger partial charge in [0, 0.05) is 13.0 Å². The van der Waals surface area contributed by atoms with Crippen LogP contribution >= 0.6 is 0 Å². The number of carbonyl (C=O) groups is 5. The maximum absolute atomic E-state index is 12.7. The highest BCUT2D eigenvalue weighted by Gasteiger charge is 2.40. The number of nitrogens with two attached hydrogens (primary N) is 1. The minimum atomic E-state index is -1.02. The second-order valence-corrected chi connectivity index (χ2v) is 5.56. The van der Waals surface area contributed by atoms with Crippen LogP contribution in [0.5, 0.6) is 0 Å². The average Bonchev–Trinajstić information content (AvgIpc) is 2.84. The van der Waals surface area contributed by atoms with E-state index in [4.69, 9.17) is 5.73 Å². The molecule has 6 amide bonds. The molecule has 9 heteroatoms. The van der Waals surface area contributed by atoms with Crippen molar-refractivity contribution < 1.29 is 24.0 Å². The van der Waals surface area contributed by atoms with Crippen LogP contribution in [-0.4, -0.2) is 40.6 Å². The van der Waals surface area contributed by atoms with Crippen molar-refractivity contribution in [2.75, 3.05) is 0 Å². The molecule has 0 radical (unpaired) electrons. The maximum Gasteiger partial charge on any atom is 0.319 e. The van der Waals surface area contributed by atoms with Gasteiger partial charge in [0.25, 0.3) is 11.8 Å². The molecule has 0 saturated carbocycles. The summed E-state index contributed by atoms with van der Waals surface area (Å²) in [4.78, 5) is 60.2. The van der Waals surface area contributed by atoms with Gasteiger partial charge in [-0.15, -0.1) is 0 Å².